The third-order valence-corrected chi connectivity index (χ3v) is 2.82. The Morgan fingerprint density at radius 2 is 2.00 bits per heavy atom. The monoisotopic (exact) mass is 304 g/mol. The van der Waals surface area contributed by atoms with Crippen molar-refractivity contribution >= 4 is 17.9 Å². The first kappa shape index (κ1) is 15.4. The Kier molecular flexibility index (Phi) is 5.02. The van der Waals surface area contributed by atoms with E-state index in [1.54, 1.807) is 12.1 Å². The molecule has 0 spiro atoms. The summed E-state index contributed by atoms with van der Waals surface area (Å²) in [4.78, 5) is 21.3. The van der Waals surface area contributed by atoms with Crippen molar-refractivity contribution in [2.24, 2.45) is 0 Å². The highest BCUT2D eigenvalue weighted by molar-refractivity contribution is 5.91. The van der Waals surface area contributed by atoms with Crippen LogP contribution in [0.2, 0.25) is 0 Å². The quantitative estimate of drug-likeness (QED) is 0.505. The van der Waals surface area contributed by atoms with Crippen LogP contribution < -0.4 is 5.32 Å². The van der Waals surface area contributed by atoms with E-state index in [1.165, 1.54) is 36.4 Å². The van der Waals surface area contributed by atoms with Crippen LogP contribution in [0, 0.1) is 15.9 Å². The number of hydrogen-bond acceptors (Lipinski definition) is 4. The number of halogens is 1. The fraction of sp³-hybridized carbons (Fsp3) is 0.133. The summed E-state index contributed by atoms with van der Waals surface area (Å²) in [5.41, 5.74) is 0.910. The van der Waals surface area contributed by atoms with E-state index in [9.17, 15) is 19.3 Å². The molecule has 0 saturated heterocycles. The molecule has 0 aliphatic heterocycles. The summed E-state index contributed by atoms with van der Waals surface area (Å²) < 4.78 is 17.6. The Balaban J connectivity index is 1.78. The molecule has 22 heavy (non-hydrogen) atoms. The molecule has 0 unspecified atom stereocenters. The molecule has 2 rings (SSSR count). The fourth-order valence-corrected chi connectivity index (χ4v) is 1.73. The summed E-state index contributed by atoms with van der Waals surface area (Å²) >= 11 is 0. The molecule has 0 atom stereocenters. The van der Waals surface area contributed by atoms with Gasteiger partial charge in [-0.15, -0.1) is 0 Å². The van der Waals surface area contributed by atoms with Gasteiger partial charge in [-0.1, -0.05) is 12.1 Å². The van der Waals surface area contributed by atoms with E-state index >= 15 is 0 Å². The van der Waals surface area contributed by atoms with Crippen molar-refractivity contribution < 1.29 is 18.5 Å². The summed E-state index contributed by atoms with van der Waals surface area (Å²) in [5.74, 6) is -0.804. The molecule has 0 radical (unpaired) electrons. The van der Waals surface area contributed by atoms with Gasteiger partial charge < -0.3 is 9.73 Å². The average Bonchev–Trinajstić information content (AvgIpc) is 2.96. The minimum Gasteiger partial charge on any atom is -0.401 e. The van der Waals surface area contributed by atoms with E-state index in [-0.39, 0.29) is 23.4 Å². The highest BCUT2D eigenvalue weighted by Gasteiger charge is 2.09. The first-order valence-corrected chi connectivity index (χ1v) is 6.49. The zero-order chi connectivity index (χ0) is 15.9. The van der Waals surface area contributed by atoms with Crippen molar-refractivity contribution in [1.82, 2.24) is 5.32 Å². The van der Waals surface area contributed by atoms with Gasteiger partial charge in [0.2, 0.25) is 5.91 Å². The van der Waals surface area contributed by atoms with Gasteiger partial charge in [0.15, 0.2) is 0 Å². The Labute approximate surface area is 125 Å². The van der Waals surface area contributed by atoms with Crippen molar-refractivity contribution in [3.63, 3.8) is 0 Å². The minimum atomic E-state index is -0.653. The number of furan rings is 1. The topological polar surface area (TPSA) is 85.4 Å². The van der Waals surface area contributed by atoms with Crippen molar-refractivity contribution in [1.29, 1.82) is 0 Å². The fourth-order valence-electron chi connectivity index (χ4n) is 1.73. The molecule has 1 N–H and O–H groups in total. The van der Waals surface area contributed by atoms with Gasteiger partial charge in [-0.2, -0.15) is 0 Å². The first-order valence-electron chi connectivity index (χ1n) is 6.49. The number of hydrogen-bond donors (Lipinski definition) is 1. The summed E-state index contributed by atoms with van der Waals surface area (Å²) in [5, 5.41) is 13.1. The van der Waals surface area contributed by atoms with Gasteiger partial charge in [0, 0.05) is 12.6 Å². The van der Waals surface area contributed by atoms with E-state index in [0.717, 1.165) is 5.56 Å². The molecule has 1 aromatic carbocycles. The molecule has 2 aromatic rings. The van der Waals surface area contributed by atoms with Gasteiger partial charge in [0.1, 0.15) is 16.5 Å². The Morgan fingerprint density at radius 3 is 2.64 bits per heavy atom. The smallest absolute Gasteiger partial charge is 0.401 e. The van der Waals surface area contributed by atoms with E-state index in [2.05, 4.69) is 5.32 Å². The predicted molar refractivity (Wildman–Crippen MR) is 77.5 cm³/mol. The maximum Gasteiger partial charge on any atom is 0.433 e. The second-order valence-corrected chi connectivity index (χ2v) is 4.43. The van der Waals surface area contributed by atoms with Gasteiger partial charge in [0.05, 0.1) is 6.07 Å². The van der Waals surface area contributed by atoms with Crippen LogP contribution in [0.3, 0.4) is 0 Å². The molecule has 7 heteroatoms. The summed E-state index contributed by atoms with van der Waals surface area (Å²) in [6, 6.07) is 8.65. The van der Waals surface area contributed by atoms with Crippen LogP contribution in [-0.4, -0.2) is 17.4 Å². The number of carbonyl (C=O) groups is 1. The van der Waals surface area contributed by atoms with Gasteiger partial charge in [0.25, 0.3) is 0 Å². The normalized spacial score (nSPS) is 10.8. The average molecular weight is 304 g/mol. The van der Waals surface area contributed by atoms with Crippen molar-refractivity contribution in [3.8, 4) is 0 Å². The van der Waals surface area contributed by atoms with Crippen molar-refractivity contribution in [2.75, 3.05) is 6.54 Å². The molecule has 6 nitrogen and oxygen atoms in total. The molecule has 1 heterocycles. The minimum absolute atomic E-state index is 0.223. The van der Waals surface area contributed by atoms with Crippen LogP contribution in [0.4, 0.5) is 10.3 Å². The number of nitro groups is 1. The Morgan fingerprint density at radius 1 is 1.27 bits per heavy atom. The third-order valence-electron chi connectivity index (χ3n) is 2.82. The van der Waals surface area contributed by atoms with Gasteiger partial charge in [-0.3, -0.25) is 14.9 Å². The number of rotatable bonds is 6. The number of carbonyl (C=O) groups excluding carboxylic acids is 1. The highest BCUT2D eigenvalue weighted by Crippen LogP contribution is 2.16. The van der Waals surface area contributed by atoms with E-state index in [4.69, 9.17) is 4.42 Å². The van der Waals surface area contributed by atoms with E-state index in [1.807, 2.05) is 0 Å². The zero-order valence-corrected chi connectivity index (χ0v) is 11.5. The van der Waals surface area contributed by atoms with Crippen LogP contribution >= 0.6 is 0 Å². The summed E-state index contributed by atoms with van der Waals surface area (Å²) in [6.07, 6.45) is 3.15. The number of nitrogens with zero attached hydrogens (tertiary/aromatic N) is 1. The molecule has 0 aliphatic carbocycles. The SMILES string of the molecule is O=C(/C=C/c1ccc([N+](=O)[O-])o1)NCCc1ccc(F)cc1. The lowest BCUT2D eigenvalue weighted by atomic mass is 10.1. The number of benzene rings is 1. The molecule has 114 valence electrons. The lowest BCUT2D eigenvalue weighted by molar-refractivity contribution is -0.402. The third kappa shape index (κ3) is 4.55. The van der Waals surface area contributed by atoms with Crippen LogP contribution in [0.5, 0.6) is 0 Å². The Hall–Kier alpha value is -2.96. The van der Waals surface area contributed by atoms with Gasteiger partial charge in [-0.25, -0.2) is 4.39 Å². The van der Waals surface area contributed by atoms with Crippen LogP contribution in [0.1, 0.15) is 11.3 Å². The van der Waals surface area contributed by atoms with Crippen LogP contribution in [-0.2, 0) is 11.2 Å². The molecular weight excluding hydrogens is 291 g/mol. The molecule has 1 aromatic heterocycles. The lowest BCUT2D eigenvalue weighted by Crippen LogP contribution is -2.23. The summed E-state index contributed by atoms with van der Waals surface area (Å²) in [6.45, 7) is 0.396. The van der Waals surface area contributed by atoms with Crippen molar-refractivity contribution in [3.05, 3.63) is 69.7 Å². The standard InChI is InChI=1S/C15H13FN2O4/c16-12-3-1-11(2-4-12)9-10-17-14(19)7-5-13-6-8-15(22-13)18(20)21/h1-8H,9-10H2,(H,17,19)/b7-5+. The molecule has 0 fully saturated rings. The van der Waals surface area contributed by atoms with Crippen molar-refractivity contribution in [2.45, 2.75) is 6.42 Å². The summed E-state index contributed by atoms with van der Waals surface area (Å²) in [7, 11) is 0. The maximum atomic E-state index is 12.7. The lowest BCUT2D eigenvalue weighted by Gasteiger charge is -2.02. The molecule has 1 amide bonds. The van der Waals surface area contributed by atoms with Crippen LogP contribution in [0.15, 0.2) is 46.9 Å². The van der Waals surface area contributed by atoms with E-state index < -0.39 is 4.92 Å². The number of nitrogens with one attached hydrogen (secondary N) is 1. The predicted octanol–water partition coefficient (Wildman–Crippen LogP) is 2.70. The largest absolute Gasteiger partial charge is 0.433 e. The maximum absolute atomic E-state index is 12.7. The second-order valence-electron chi connectivity index (χ2n) is 4.43. The molecule has 0 aliphatic rings. The highest BCUT2D eigenvalue weighted by atomic mass is 19.1. The zero-order valence-electron chi connectivity index (χ0n) is 11.5. The van der Waals surface area contributed by atoms with Gasteiger partial charge in [-0.05, 0) is 36.3 Å². The van der Waals surface area contributed by atoms with E-state index in [0.29, 0.717) is 13.0 Å². The molecular formula is C15H13FN2O4. The first-order chi connectivity index (χ1) is 10.5. The molecule has 0 bridgehead atoms. The van der Waals surface area contributed by atoms with Gasteiger partial charge >= 0.3 is 5.88 Å². The number of amides is 1. The Bertz CT molecular complexity index is 692. The molecule has 0 saturated carbocycles. The van der Waals surface area contributed by atoms with Crippen LogP contribution in [0.25, 0.3) is 6.08 Å². The second kappa shape index (κ2) is 7.16.